The van der Waals surface area contributed by atoms with E-state index in [1.54, 1.807) is 6.07 Å². The highest BCUT2D eigenvalue weighted by Gasteiger charge is 2.20. The first-order valence-corrected chi connectivity index (χ1v) is 11.6. The van der Waals surface area contributed by atoms with Gasteiger partial charge < -0.3 is 10.3 Å². The number of nitrogens with one attached hydrogen (secondary N) is 1. The smallest absolute Gasteiger partial charge is 0.271 e. The summed E-state index contributed by atoms with van der Waals surface area (Å²) in [6.07, 6.45) is 3.28. The van der Waals surface area contributed by atoms with Gasteiger partial charge in [-0.15, -0.1) is 11.6 Å². The van der Waals surface area contributed by atoms with Crippen molar-refractivity contribution in [1.29, 1.82) is 0 Å². The molecule has 0 saturated heterocycles. The number of nitrogens with zero attached hydrogens (tertiary/aromatic N) is 1. The first kappa shape index (κ1) is 20.4. The van der Waals surface area contributed by atoms with Gasteiger partial charge in [0.05, 0.1) is 5.52 Å². The molecule has 1 aliphatic rings. The minimum atomic E-state index is -0.480. The molecule has 3 N–H and O–H groups in total. The third-order valence-electron chi connectivity index (χ3n) is 6.07. The molecule has 4 aromatic rings. The predicted octanol–water partition coefficient (Wildman–Crippen LogP) is 4.16. The van der Waals surface area contributed by atoms with Crippen molar-refractivity contribution in [3.63, 3.8) is 0 Å². The average molecular weight is 458 g/mol. The van der Waals surface area contributed by atoms with Gasteiger partial charge in [0.25, 0.3) is 5.56 Å². The standard InChI is InChI=1S/C23H21ClFN3O2S/c24-6-1-7-28-19-11-16(14-3-2-13-9-15(26)5-4-12(13)8-14)18(25)10-17(19)21(29)20-22(30)27-31-23(20)28/h2-3,8,10-11,15H,1,4-7,9,26H2,(H,27,30). The fraction of sp³-hybridized carbons (Fsp3) is 0.304. The largest absolute Gasteiger partial charge is 0.331 e. The Morgan fingerprint density at radius 3 is 2.87 bits per heavy atom. The summed E-state index contributed by atoms with van der Waals surface area (Å²) in [5.41, 5.74) is 9.41. The maximum Gasteiger partial charge on any atom is 0.271 e. The molecule has 2 aromatic heterocycles. The Labute approximate surface area is 186 Å². The zero-order valence-electron chi connectivity index (χ0n) is 16.7. The normalized spacial score (nSPS) is 16.2. The number of rotatable bonds is 4. The van der Waals surface area contributed by atoms with Gasteiger partial charge in [-0.1, -0.05) is 18.2 Å². The molecule has 1 unspecified atom stereocenters. The molecule has 5 nitrogen and oxygen atoms in total. The Hall–Kier alpha value is -2.48. The maximum absolute atomic E-state index is 15.2. The highest BCUT2D eigenvalue weighted by atomic mass is 35.5. The molecule has 2 heterocycles. The van der Waals surface area contributed by atoms with Crippen molar-refractivity contribution in [3.8, 4) is 11.1 Å². The summed E-state index contributed by atoms with van der Waals surface area (Å²) >= 11 is 7.03. The minimum Gasteiger partial charge on any atom is -0.331 e. The second-order valence-electron chi connectivity index (χ2n) is 8.07. The number of hydrogen-bond donors (Lipinski definition) is 2. The molecule has 8 heteroatoms. The summed E-state index contributed by atoms with van der Waals surface area (Å²) in [4.78, 5) is 25.8. The van der Waals surface area contributed by atoms with Crippen molar-refractivity contribution in [2.75, 3.05) is 5.88 Å². The van der Waals surface area contributed by atoms with Crippen LogP contribution in [0, 0.1) is 5.82 Å². The summed E-state index contributed by atoms with van der Waals surface area (Å²) < 4.78 is 19.8. The highest BCUT2D eigenvalue weighted by molar-refractivity contribution is 7.12. The molecule has 1 atom stereocenters. The third-order valence-corrected chi connectivity index (χ3v) is 7.25. The van der Waals surface area contributed by atoms with Gasteiger partial charge in [0.2, 0.25) is 5.43 Å². The highest BCUT2D eigenvalue weighted by Crippen LogP contribution is 2.32. The van der Waals surface area contributed by atoms with E-state index in [2.05, 4.69) is 4.37 Å². The summed E-state index contributed by atoms with van der Waals surface area (Å²) in [6.45, 7) is 0.526. The molecule has 0 spiro atoms. The first-order valence-electron chi connectivity index (χ1n) is 10.3. The van der Waals surface area contributed by atoms with Gasteiger partial charge in [-0.05, 0) is 66.0 Å². The number of alkyl halides is 1. The van der Waals surface area contributed by atoms with Gasteiger partial charge in [0.15, 0.2) is 0 Å². The van der Waals surface area contributed by atoms with Crippen LogP contribution in [0.4, 0.5) is 4.39 Å². The number of nitrogens with two attached hydrogens (primary N) is 1. The Morgan fingerprint density at radius 1 is 1.23 bits per heavy atom. The molecule has 1 aliphatic carbocycles. The van der Waals surface area contributed by atoms with E-state index in [1.165, 1.54) is 17.2 Å². The number of aromatic nitrogens is 2. The molecule has 0 aliphatic heterocycles. The molecule has 2 aromatic carbocycles. The predicted molar refractivity (Wildman–Crippen MR) is 125 cm³/mol. The van der Waals surface area contributed by atoms with Crippen LogP contribution in [0.5, 0.6) is 0 Å². The lowest BCUT2D eigenvalue weighted by Crippen LogP contribution is -2.27. The summed E-state index contributed by atoms with van der Waals surface area (Å²) in [5, 5.41) is 0.278. The minimum absolute atomic E-state index is 0.0735. The molecular weight excluding hydrogens is 437 g/mol. The summed E-state index contributed by atoms with van der Waals surface area (Å²) in [5.74, 6) is -0.0397. The number of aryl methyl sites for hydroxylation is 2. The van der Waals surface area contributed by atoms with Crippen molar-refractivity contribution < 1.29 is 4.39 Å². The Morgan fingerprint density at radius 2 is 2.06 bits per heavy atom. The Balaban J connectivity index is 1.76. The van der Waals surface area contributed by atoms with E-state index >= 15 is 4.39 Å². The van der Waals surface area contributed by atoms with Crippen LogP contribution in [0.3, 0.4) is 0 Å². The number of hydrogen-bond acceptors (Lipinski definition) is 4. The van der Waals surface area contributed by atoms with Crippen molar-refractivity contribution >= 4 is 44.3 Å². The second kappa shape index (κ2) is 7.89. The Bertz CT molecular complexity index is 1440. The number of halogens is 2. The van der Waals surface area contributed by atoms with E-state index in [0.29, 0.717) is 34.8 Å². The van der Waals surface area contributed by atoms with E-state index in [1.807, 2.05) is 22.8 Å². The van der Waals surface area contributed by atoms with Crippen molar-refractivity contribution in [2.45, 2.75) is 38.3 Å². The lowest BCUT2D eigenvalue weighted by molar-refractivity contribution is 0.576. The zero-order valence-corrected chi connectivity index (χ0v) is 18.3. The first-order chi connectivity index (χ1) is 15.0. The fourth-order valence-corrected chi connectivity index (χ4v) is 5.51. The van der Waals surface area contributed by atoms with Gasteiger partial charge in [0.1, 0.15) is 16.0 Å². The molecule has 160 valence electrons. The van der Waals surface area contributed by atoms with Gasteiger partial charge >= 0.3 is 0 Å². The number of benzene rings is 2. The van der Waals surface area contributed by atoms with Crippen molar-refractivity contribution in [1.82, 2.24) is 8.94 Å². The van der Waals surface area contributed by atoms with Crippen molar-refractivity contribution in [2.24, 2.45) is 5.73 Å². The summed E-state index contributed by atoms with van der Waals surface area (Å²) in [6, 6.07) is 9.11. The van der Waals surface area contributed by atoms with Gasteiger partial charge in [-0.3, -0.25) is 14.0 Å². The second-order valence-corrected chi connectivity index (χ2v) is 9.25. The van der Waals surface area contributed by atoms with Gasteiger partial charge in [0, 0.05) is 29.4 Å². The monoisotopic (exact) mass is 457 g/mol. The average Bonchev–Trinajstić information content (AvgIpc) is 3.15. The number of fused-ring (bicyclic) bond motifs is 3. The van der Waals surface area contributed by atoms with Crippen LogP contribution in [0.15, 0.2) is 39.9 Å². The molecule has 31 heavy (non-hydrogen) atoms. The SMILES string of the molecule is NC1CCc2cc(-c3cc4c(cc3F)c(=O)c3c(=O)[nH]sc3n4CCCCl)ccc2C1. The summed E-state index contributed by atoms with van der Waals surface area (Å²) in [7, 11) is 0. The van der Waals surface area contributed by atoms with Crippen LogP contribution in [0.1, 0.15) is 24.0 Å². The van der Waals surface area contributed by atoms with Crippen LogP contribution < -0.4 is 16.7 Å². The lowest BCUT2D eigenvalue weighted by atomic mass is 9.86. The molecular formula is C23H21ClFN3O2S. The molecule has 5 rings (SSSR count). The van der Waals surface area contributed by atoms with Crippen molar-refractivity contribution in [3.05, 3.63) is 67.9 Å². The van der Waals surface area contributed by atoms with Crippen LogP contribution >= 0.6 is 23.1 Å². The van der Waals surface area contributed by atoms with E-state index in [0.717, 1.165) is 36.4 Å². The lowest BCUT2D eigenvalue weighted by Gasteiger charge is -2.22. The van der Waals surface area contributed by atoms with E-state index in [-0.39, 0.29) is 16.8 Å². The molecule has 0 amide bonds. The number of pyridine rings is 1. The molecule has 0 saturated carbocycles. The molecule has 0 bridgehead atoms. The topological polar surface area (TPSA) is 80.9 Å². The van der Waals surface area contributed by atoms with E-state index < -0.39 is 16.8 Å². The van der Waals surface area contributed by atoms with Gasteiger partial charge in [-0.2, -0.15) is 0 Å². The molecule has 0 radical (unpaired) electrons. The van der Waals surface area contributed by atoms with Crippen LogP contribution in [-0.4, -0.2) is 20.9 Å². The van der Waals surface area contributed by atoms with Crippen LogP contribution in [0.2, 0.25) is 0 Å². The number of aromatic amines is 1. The fourth-order valence-electron chi connectivity index (χ4n) is 4.51. The Kier molecular flexibility index (Phi) is 5.20. The van der Waals surface area contributed by atoms with Crippen LogP contribution in [0.25, 0.3) is 32.2 Å². The number of H-pyrrole nitrogens is 1. The van der Waals surface area contributed by atoms with Crippen LogP contribution in [-0.2, 0) is 19.4 Å². The zero-order chi connectivity index (χ0) is 21.7. The van der Waals surface area contributed by atoms with E-state index in [9.17, 15) is 9.59 Å². The third kappa shape index (κ3) is 3.41. The quantitative estimate of drug-likeness (QED) is 0.451. The maximum atomic E-state index is 15.2. The van der Waals surface area contributed by atoms with Gasteiger partial charge in [-0.25, -0.2) is 4.39 Å². The van der Waals surface area contributed by atoms with E-state index in [4.69, 9.17) is 17.3 Å². The molecule has 0 fully saturated rings.